The van der Waals surface area contributed by atoms with Gasteiger partial charge in [0.25, 0.3) is 0 Å². The molecule has 3 aromatic rings. The van der Waals surface area contributed by atoms with Gasteiger partial charge in [0.2, 0.25) is 5.91 Å². The molecule has 1 aromatic heterocycles. The van der Waals surface area contributed by atoms with Crippen molar-refractivity contribution in [1.29, 1.82) is 0 Å². The summed E-state index contributed by atoms with van der Waals surface area (Å²) in [4.78, 5) is 17.1. The van der Waals surface area contributed by atoms with Gasteiger partial charge in [0.05, 0.1) is 0 Å². The molecule has 2 heterocycles. The molecule has 1 saturated heterocycles. The Morgan fingerprint density at radius 2 is 1.70 bits per heavy atom. The molecule has 1 fully saturated rings. The molecule has 0 saturated carbocycles. The van der Waals surface area contributed by atoms with Crippen molar-refractivity contribution < 1.29 is 9.21 Å². The number of rotatable bonds is 6. The molecule has 1 aliphatic heterocycles. The van der Waals surface area contributed by atoms with Crippen molar-refractivity contribution in [2.45, 2.75) is 6.92 Å². The van der Waals surface area contributed by atoms with Gasteiger partial charge in [-0.3, -0.25) is 4.79 Å². The number of hydrogen-bond acceptors (Lipinski definition) is 4. The Hall–Kier alpha value is -3.31. The number of carbonyl (C=O) groups is 1. The summed E-state index contributed by atoms with van der Waals surface area (Å²) in [6, 6.07) is 21.7. The van der Waals surface area contributed by atoms with Crippen molar-refractivity contribution in [3.8, 4) is 11.3 Å². The van der Waals surface area contributed by atoms with E-state index >= 15 is 0 Å². The van der Waals surface area contributed by atoms with Crippen LogP contribution in [0.25, 0.3) is 17.4 Å². The third-order valence-corrected chi connectivity index (χ3v) is 5.40. The van der Waals surface area contributed by atoms with Crippen molar-refractivity contribution in [2.24, 2.45) is 0 Å². The molecule has 2 aromatic carbocycles. The summed E-state index contributed by atoms with van der Waals surface area (Å²) < 4.78 is 5.79. The summed E-state index contributed by atoms with van der Waals surface area (Å²) in [5, 5.41) is 2.90. The first kappa shape index (κ1) is 20.0. The molecule has 5 heteroatoms. The van der Waals surface area contributed by atoms with E-state index in [1.54, 1.807) is 6.08 Å². The lowest BCUT2D eigenvalue weighted by Gasteiger charge is -2.35. The van der Waals surface area contributed by atoms with Crippen molar-refractivity contribution in [3.05, 3.63) is 78.6 Å². The van der Waals surface area contributed by atoms with E-state index in [4.69, 9.17) is 4.42 Å². The van der Waals surface area contributed by atoms with Gasteiger partial charge in [0, 0.05) is 49.2 Å². The van der Waals surface area contributed by atoms with E-state index in [9.17, 15) is 4.79 Å². The lowest BCUT2D eigenvalue weighted by Crippen LogP contribution is -2.46. The van der Waals surface area contributed by atoms with Gasteiger partial charge in [-0.2, -0.15) is 0 Å². The number of hydrogen-bond donors (Lipinski definition) is 1. The van der Waals surface area contributed by atoms with Gasteiger partial charge in [-0.05, 0) is 49.0 Å². The highest BCUT2D eigenvalue weighted by Crippen LogP contribution is 2.23. The second kappa shape index (κ2) is 9.46. The van der Waals surface area contributed by atoms with Crippen molar-refractivity contribution in [2.75, 3.05) is 42.9 Å². The molecule has 1 N–H and O–H groups in total. The molecular formula is C25H27N3O2. The van der Waals surface area contributed by atoms with Crippen molar-refractivity contribution in [1.82, 2.24) is 4.90 Å². The summed E-state index contributed by atoms with van der Waals surface area (Å²) in [7, 11) is 0. The van der Waals surface area contributed by atoms with Crippen LogP contribution in [0.1, 0.15) is 12.7 Å². The van der Waals surface area contributed by atoms with E-state index in [0.29, 0.717) is 5.76 Å². The summed E-state index contributed by atoms with van der Waals surface area (Å²) in [6.45, 7) is 7.58. The van der Waals surface area contributed by atoms with E-state index in [1.165, 1.54) is 11.8 Å². The van der Waals surface area contributed by atoms with Gasteiger partial charge in [-0.15, -0.1) is 0 Å². The highest BCUT2D eigenvalue weighted by atomic mass is 16.3. The SMILES string of the molecule is CCN1CCN(c2ccc(NC(=O)/C=C/c3ccc(-c4ccccc4)o3)cc2)CC1. The average Bonchev–Trinajstić information content (AvgIpc) is 3.28. The number of furan rings is 1. The van der Waals surface area contributed by atoms with Gasteiger partial charge in [0.1, 0.15) is 11.5 Å². The van der Waals surface area contributed by atoms with E-state index in [0.717, 1.165) is 49.7 Å². The predicted molar refractivity (Wildman–Crippen MR) is 123 cm³/mol. The second-order valence-corrected chi connectivity index (χ2v) is 7.36. The number of amides is 1. The summed E-state index contributed by atoms with van der Waals surface area (Å²) in [6.07, 6.45) is 3.18. The fourth-order valence-corrected chi connectivity index (χ4v) is 3.62. The first-order chi connectivity index (χ1) is 14.7. The van der Waals surface area contributed by atoms with E-state index < -0.39 is 0 Å². The van der Waals surface area contributed by atoms with E-state index in [2.05, 4.69) is 34.2 Å². The van der Waals surface area contributed by atoms with Crippen LogP contribution in [0, 0.1) is 0 Å². The Morgan fingerprint density at radius 3 is 2.40 bits per heavy atom. The van der Waals surface area contributed by atoms with Gasteiger partial charge < -0.3 is 19.5 Å². The Bertz CT molecular complexity index is 985. The molecule has 0 spiro atoms. The van der Waals surface area contributed by atoms with Crippen LogP contribution in [0.15, 0.2) is 77.2 Å². The molecule has 0 unspecified atom stereocenters. The largest absolute Gasteiger partial charge is 0.457 e. The Morgan fingerprint density at radius 1 is 0.967 bits per heavy atom. The number of carbonyl (C=O) groups excluding carboxylic acids is 1. The Labute approximate surface area is 177 Å². The number of nitrogens with zero attached hydrogens (tertiary/aromatic N) is 2. The topological polar surface area (TPSA) is 48.7 Å². The normalized spacial score (nSPS) is 14.9. The standard InChI is InChI=1S/C25H27N3O2/c1-2-27-16-18-28(19-17-27)22-10-8-21(9-11-22)26-25(29)15-13-23-12-14-24(30-23)20-6-4-3-5-7-20/h3-15H,2,16-19H2,1H3,(H,26,29)/b15-13+. The van der Waals surface area contributed by atoms with Crippen LogP contribution in [-0.2, 0) is 4.79 Å². The van der Waals surface area contributed by atoms with E-state index in [1.807, 2.05) is 54.6 Å². The zero-order chi connectivity index (χ0) is 20.8. The molecule has 0 atom stereocenters. The lowest BCUT2D eigenvalue weighted by molar-refractivity contribution is -0.111. The maximum atomic E-state index is 12.3. The van der Waals surface area contributed by atoms with Gasteiger partial charge in [0.15, 0.2) is 0 Å². The maximum Gasteiger partial charge on any atom is 0.248 e. The summed E-state index contributed by atoms with van der Waals surface area (Å²) in [5.74, 6) is 1.24. The van der Waals surface area contributed by atoms with Crippen LogP contribution in [0.3, 0.4) is 0 Å². The van der Waals surface area contributed by atoms with Gasteiger partial charge in [-0.25, -0.2) is 0 Å². The fourth-order valence-electron chi connectivity index (χ4n) is 3.62. The summed E-state index contributed by atoms with van der Waals surface area (Å²) >= 11 is 0. The van der Waals surface area contributed by atoms with Crippen LogP contribution < -0.4 is 10.2 Å². The number of anilines is 2. The van der Waals surface area contributed by atoms with Crippen LogP contribution in [-0.4, -0.2) is 43.5 Å². The van der Waals surface area contributed by atoms with Crippen LogP contribution in [0.4, 0.5) is 11.4 Å². The number of nitrogens with one attached hydrogen (secondary N) is 1. The molecular weight excluding hydrogens is 374 g/mol. The molecule has 5 nitrogen and oxygen atoms in total. The van der Waals surface area contributed by atoms with Crippen molar-refractivity contribution in [3.63, 3.8) is 0 Å². The minimum absolute atomic E-state index is 0.183. The van der Waals surface area contributed by atoms with Gasteiger partial charge in [-0.1, -0.05) is 37.3 Å². The quantitative estimate of drug-likeness (QED) is 0.606. The van der Waals surface area contributed by atoms with Crippen LogP contribution >= 0.6 is 0 Å². The molecule has 1 aliphatic rings. The van der Waals surface area contributed by atoms with Crippen LogP contribution in [0.2, 0.25) is 0 Å². The lowest BCUT2D eigenvalue weighted by atomic mass is 10.2. The third-order valence-electron chi connectivity index (χ3n) is 5.40. The monoisotopic (exact) mass is 401 g/mol. The minimum Gasteiger partial charge on any atom is -0.457 e. The number of likely N-dealkylation sites (N-methyl/N-ethyl adjacent to an activating group) is 1. The highest BCUT2D eigenvalue weighted by molar-refractivity contribution is 6.01. The molecule has 4 rings (SSSR count). The summed E-state index contributed by atoms with van der Waals surface area (Å²) in [5.41, 5.74) is 2.99. The van der Waals surface area contributed by atoms with Crippen LogP contribution in [0.5, 0.6) is 0 Å². The molecule has 0 bridgehead atoms. The second-order valence-electron chi connectivity index (χ2n) is 7.36. The van der Waals surface area contributed by atoms with Crippen molar-refractivity contribution >= 4 is 23.4 Å². The first-order valence-electron chi connectivity index (χ1n) is 10.4. The predicted octanol–water partition coefficient (Wildman–Crippen LogP) is 4.74. The highest BCUT2D eigenvalue weighted by Gasteiger charge is 2.15. The Balaban J connectivity index is 1.31. The third kappa shape index (κ3) is 4.99. The molecule has 30 heavy (non-hydrogen) atoms. The zero-order valence-electron chi connectivity index (χ0n) is 17.3. The molecule has 0 radical (unpaired) electrons. The average molecular weight is 402 g/mol. The zero-order valence-corrected chi connectivity index (χ0v) is 17.3. The minimum atomic E-state index is -0.183. The number of benzene rings is 2. The molecule has 0 aliphatic carbocycles. The number of piperazine rings is 1. The first-order valence-corrected chi connectivity index (χ1v) is 10.4. The molecule has 1 amide bonds. The van der Waals surface area contributed by atoms with Gasteiger partial charge >= 0.3 is 0 Å². The molecule has 154 valence electrons. The fraction of sp³-hybridized carbons (Fsp3) is 0.240. The van der Waals surface area contributed by atoms with E-state index in [-0.39, 0.29) is 5.91 Å². The maximum absolute atomic E-state index is 12.3. The Kier molecular flexibility index (Phi) is 6.30. The smallest absolute Gasteiger partial charge is 0.248 e.